The Bertz CT molecular complexity index is 1520. The summed E-state index contributed by atoms with van der Waals surface area (Å²) >= 11 is 1.21. The Labute approximate surface area is 234 Å². The van der Waals surface area contributed by atoms with Crippen molar-refractivity contribution in [1.29, 1.82) is 0 Å². The Hall–Kier alpha value is -3.50. The van der Waals surface area contributed by atoms with Crippen molar-refractivity contribution in [3.05, 3.63) is 107 Å². The number of hydrogen-bond donors (Lipinski definition) is 2. The van der Waals surface area contributed by atoms with E-state index >= 15 is 0 Å². The summed E-state index contributed by atoms with van der Waals surface area (Å²) in [6.45, 7) is 2.56. The highest BCUT2D eigenvalue weighted by Gasteiger charge is 2.28. The SMILES string of the molecule is COc1ccccc1CCN(CC(=O)NCc1ccc(CN)cc1)S(=O)(=O)c1ccc(-c2ccccc2C)s1. The largest absolute Gasteiger partial charge is 0.496 e. The van der Waals surface area contributed by atoms with Gasteiger partial charge in [0.1, 0.15) is 9.96 Å². The highest BCUT2D eigenvalue weighted by Crippen LogP contribution is 2.34. The minimum atomic E-state index is -3.94. The number of hydrogen-bond acceptors (Lipinski definition) is 6. The van der Waals surface area contributed by atoms with E-state index in [4.69, 9.17) is 10.5 Å². The fraction of sp³-hybridized carbons (Fsp3) is 0.233. The number of ether oxygens (including phenoxy) is 1. The van der Waals surface area contributed by atoms with Crippen molar-refractivity contribution in [1.82, 2.24) is 9.62 Å². The first kappa shape index (κ1) is 28.5. The first-order valence-corrected chi connectivity index (χ1v) is 14.9. The lowest BCUT2D eigenvalue weighted by molar-refractivity contribution is -0.121. The Kier molecular flexibility index (Phi) is 9.53. The smallest absolute Gasteiger partial charge is 0.253 e. The first-order chi connectivity index (χ1) is 18.8. The van der Waals surface area contributed by atoms with Gasteiger partial charge in [0.15, 0.2) is 0 Å². The summed E-state index contributed by atoms with van der Waals surface area (Å²) in [5, 5.41) is 2.85. The van der Waals surface area contributed by atoms with Crippen molar-refractivity contribution < 1.29 is 17.9 Å². The Morgan fingerprint density at radius 3 is 2.36 bits per heavy atom. The van der Waals surface area contributed by atoms with Crippen LogP contribution >= 0.6 is 11.3 Å². The molecule has 0 fully saturated rings. The summed E-state index contributed by atoms with van der Waals surface area (Å²) in [7, 11) is -2.36. The van der Waals surface area contributed by atoms with E-state index in [2.05, 4.69) is 5.32 Å². The molecule has 0 atom stereocenters. The maximum atomic E-state index is 13.8. The maximum Gasteiger partial charge on any atom is 0.253 e. The van der Waals surface area contributed by atoms with Crippen LogP contribution in [0.3, 0.4) is 0 Å². The molecule has 0 saturated heterocycles. The van der Waals surface area contributed by atoms with Crippen LogP contribution in [0.15, 0.2) is 89.1 Å². The topological polar surface area (TPSA) is 102 Å². The summed E-state index contributed by atoms with van der Waals surface area (Å²) in [5.74, 6) is 0.301. The molecule has 0 aliphatic rings. The van der Waals surface area contributed by atoms with Crippen molar-refractivity contribution in [3.63, 3.8) is 0 Å². The van der Waals surface area contributed by atoms with Crippen molar-refractivity contribution in [2.24, 2.45) is 5.73 Å². The second-order valence-corrected chi connectivity index (χ2v) is 12.4. The number of nitrogens with zero attached hydrogens (tertiary/aromatic N) is 1. The summed E-state index contributed by atoms with van der Waals surface area (Å²) < 4.78 is 34.6. The molecule has 9 heteroatoms. The average Bonchev–Trinajstić information content (AvgIpc) is 3.46. The molecule has 0 spiro atoms. The third-order valence-electron chi connectivity index (χ3n) is 6.48. The number of sulfonamides is 1. The van der Waals surface area contributed by atoms with Gasteiger partial charge in [0.2, 0.25) is 5.91 Å². The zero-order valence-electron chi connectivity index (χ0n) is 22.1. The lowest BCUT2D eigenvalue weighted by Gasteiger charge is -2.21. The molecule has 0 radical (unpaired) electrons. The summed E-state index contributed by atoms with van der Waals surface area (Å²) in [5.41, 5.74) is 10.5. The predicted molar refractivity (Wildman–Crippen MR) is 156 cm³/mol. The fourth-order valence-corrected chi connectivity index (χ4v) is 7.18. The predicted octanol–water partition coefficient (Wildman–Crippen LogP) is 4.74. The van der Waals surface area contributed by atoms with Crippen LogP contribution in [-0.4, -0.2) is 38.8 Å². The number of nitrogens with one attached hydrogen (secondary N) is 1. The van der Waals surface area contributed by atoms with E-state index in [-0.39, 0.29) is 23.2 Å². The summed E-state index contributed by atoms with van der Waals surface area (Å²) in [6.07, 6.45) is 0.396. The molecular formula is C30H33N3O4S2. The minimum Gasteiger partial charge on any atom is -0.496 e. The van der Waals surface area contributed by atoms with Crippen LogP contribution in [0.4, 0.5) is 0 Å². The molecule has 204 valence electrons. The summed E-state index contributed by atoms with van der Waals surface area (Å²) in [4.78, 5) is 13.8. The second kappa shape index (κ2) is 13.0. The van der Waals surface area contributed by atoms with E-state index in [0.717, 1.165) is 32.7 Å². The van der Waals surface area contributed by atoms with Gasteiger partial charge < -0.3 is 15.8 Å². The van der Waals surface area contributed by atoms with Gasteiger partial charge in [-0.25, -0.2) is 8.42 Å². The Balaban J connectivity index is 1.55. The van der Waals surface area contributed by atoms with Gasteiger partial charge in [-0.1, -0.05) is 66.7 Å². The minimum absolute atomic E-state index is 0.124. The molecule has 3 aromatic carbocycles. The van der Waals surface area contributed by atoms with Crippen molar-refractivity contribution in [2.45, 2.75) is 30.6 Å². The molecule has 0 aliphatic carbocycles. The van der Waals surface area contributed by atoms with Gasteiger partial charge in [0.25, 0.3) is 10.0 Å². The number of carbonyl (C=O) groups excluding carboxylic acids is 1. The molecule has 7 nitrogen and oxygen atoms in total. The Morgan fingerprint density at radius 1 is 0.949 bits per heavy atom. The third-order valence-corrected chi connectivity index (χ3v) is 9.91. The molecule has 0 aliphatic heterocycles. The third kappa shape index (κ3) is 7.13. The molecule has 0 unspecified atom stereocenters. The van der Waals surface area contributed by atoms with Crippen LogP contribution in [0.1, 0.15) is 22.3 Å². The molecule has 39 heavy (non-hydrogen) atoms. The standard InChI is InChI=1S/C30H33N3O4S2/c1-22-7-3-5-9-26(22)28-15-16-30(38-28)39(35,36)33(18-17-25-8-4-6-10-27(25)37-2)21-29(34)32-20-24-13-11-23(19-31)12-14-24/h3-16H,17-21,31H2,1-2H3,(H,32,34). The van der Waals surface area contributed by atoms with Gasteiger partial charge in [0.05, 0.1) is 13.7 Å². The molecular weight excluding hydrogens is 530 g/mol. The normalized spacial score (nSPS) is 11.5. The summed E-state index contributed by atoms with van der Waals surface area (Å²) in [6, 6.07) is 26.4. The van der Waals surface area contributed by atoms with Crippen LogP contribution in [0, 0.1) is 6.92 Å². The molecule has 1 aromatic heterocycles. The molecule has 1 heterocycles. The number of carbonyl (C=O) groups is 1. The number of amides is 1. The van der Waals surface area contributed by atoms with Gasteiger partial charge in [-0.05, 0) is 59.4 Å². The number of rotatable bonds is 12. The number of aryl methyl sites for hydroxylation is 1. The average molecular weight is 564 g/mol. The second-order valence-electron chi connectivity index (χ2n) is 9.13. The number of thiophene rings is 1. The number of para-hydroxylation sites is 1. The lowest BCUT2D eigenvalue weighted by Crippen LogP contribution is -2.41. The van der Waals surface area contributed by atoms with Crippen LogP contribution in [0.2, 0.25) is 0 Å². The zero-order chi connectivity index (χ0) is 27.8. The van der Waals surface area contributed by atoms with Gasteiger partial charge in [0, 0.05) is 24.5 Å². The van der Waals surface area contributed by atoms with Gasteiger partial charge >= 0.3 is 0 Å². The van der Waals surface area contributed by atoms with E-state index in [0.29, 0.717) is 25.3 Å². The molecule has 4 aromatic rings. The molecule has 4 rings (SSSR count). The lowest BCUT2D eigenvalue weighted by atomic mass is 10.1. The van der Waals surface area contributed by atoms with Crippen LogP contribution < -0.4 is 15.8 Å². The highest BCUT2D eigenvalue weighted by atomic mass is 32.2. The van der Waals surface area contributed by atoms with Crippen LogP contribution in [0.25, 0.3) is 10.4 Å². The number of benzene rings is 3. The molecule has 3 N–H and O–H groups in total. The Morgan fingerprint density at radius 2 is 1.64 bits per heavy atom. The quantitative estimate of drug-likeness (QED) is 0.259. The fourth-order valence-electron chi connectivity index (χ4n) is 4.23. The van der Waals surface area contributed by atoms with Crippen molar-refractivity contribution >= 4 is 27.3 Å². The van der Waals surface area contributed by atoms with Gasteiger partial charge in [-0.3, -0.25) is 4.79 Å². The molecule has 0 saturated carbocycles. The molecule has 1 amide bonds. The van der Waals surface area contributed by atoms with E-state index < -0.39 is 10.0 Å². The van der Waals surface area contributed by atoms with Crippen molar-refractivity contribution in [2.75, 3.05) is 20.2 Å². The maximum absolute atomic E-state index is 13.8. The number of nitrogens with two attached hydrogens (primary N) is 1. The zero-order valence-corrected chi connectivity index (χ0v) is 23.7. The van der Waals surface area contributed by atoms with Crippen molar-refractivity contribution in [3.8, 4) is 16.2 Å². The van der Waals surface area contributed by atoms with E-state index in [1.54, 1.807) is 13.2 Å². The van der Waals surface area contributed by atoms with E-state index in [9.17, 15) is 13.2 Å². The van der Waals surface area contributed by atoms with Gasteiger partial charge in [-0.15, -0.1) is 11.3 Å². The monoisotopic (exact) mass is 563 g/mol. The van der Waals surface area contributed by atoms with Crippen LogP contribution in [0.5, 0.6) is 5.75 Å². The van der Waals surface area contributed by atoms with E-state index in [1.807, 2.05) is 85.8 Å². The van der Waals surface area contributed by atoms with Gasteiger partial charge in [-0.2, -0.15) is 4.31 Å². The molecule has 0 bridgehead atoms. The highest BCUT2D eigenvalue weighted by molar-refractivity contribution is 7.91. The number of methoxy groups -OCH3 is 1. The van der Waals surface area contributed by atoms with Crippen LogP contribution in [-0.2, 0) is 34.3 Å². The first-order valence-electron chi connectivity index (χ1n) is 12.6. The van der Waals surface area contributed by atoms with E-state index in [1.165, 1.54) is 15.6 Å².